The third-order valence-electron chi connectivity index (χ3n) is 2.54. The number of nitrogens with zero attached hydrogens (tertiary/aromatic N) is 4. The van der Waals surface area contributed by atoms with Crippen molar-refractivity contribution in [3.8, 4) is 0 Å². The third-order valence-corrected chi connectivity index (χ3v) is 3.88. The molecule has 2 atom stereocenters. The van der Waals surface area contributed by atoms with Gasteiger partial charge in [0.25, 0.3) is 0 Å². The van der Waals surface area contributed by atoms with E-state index in [1.165, 1.54) is 12.9 Å². The predicted molar refractivity (Wildman–Crippen MR) is 64.7 cm³/mol. The molecule has 0 saturated carbocycles. The second-order valence-corrected chi connectivity index (χ2v) is 4.79. The van der Waals surface area contributed by atoms with Crippen LogP contribution in [0.3, 0.4) is 0 Å². The van der Waals surface area contributed by atoms with Crippen LogP contribution in [0.1, 0.15) is 13.0 Å². The number of aromatic nitrogens is 4. The minimum Gasteiger partial charge on any atom is -0.244 e. The molecule has 2 rings (SSSR count). The van der Waals surface area contributed by atoms with Crippen LogP contribution >= 0.6 is 22.6 Å². The SMILES string of the molecule is CC1C(I)=CC=CC1n1nnn(C)c1=O. The molecule has 1 aromatic heterocycles. The maximum absolute atomic E-state index is 11.7. The summed E-state index contributed by atoms with van der Waals surface area (Å²) in [5, 5.41) is 7.57. The van der Waals surface area contributed by atoms with E-state index in [1.54, 1.807) is 7.05 Å². The summed E-state index contributed by atoms with van der Waals surface area (Å²) in [5.41, 5.74) is -0.178. The number of hydrogen-bond donors (Lipinski definition) is 0. The lowest BCUT2D eigenvalue weighted by molar-refractivity contribution is 0.421. The monoisotopic (exact) mass is 318 g/mol. The molecular weight excluding hydrogens is 307 g/mol. The molecule has 0 bridgehead atoms. The highest BCUT2D eigenvalue weighted by molar-refractivity contribution is 14.1. The highest BCUT2D eigenvalue weighted by atomic mass is 127. The van der Waals surface area contributed by atoms with Crippen LogP contribution < -0.4 is 5.69 Å². The fourth-order valence-corrected chi connectivity index (χ4v) is 2.13. The van der Waals surface area contributed by atoms with Gasteiger partial charge < -0.3 is 0 Å². The third kappa shape index (κ3) is 1.77. The van der Waals surface area contributed by atoms with Crippen LogP contribution in [0.4, 0.5) is 0 Å². The van der Waals surface area contributed by atoms with Gasteiger partial charge in [-0.15, -0.1) is 0 Å². The Morgan fingerprint density at radius 2 is 2.20 bits per heavy atom. The van der Waals surface area contributed by atoms with Crippen molar-refractivity contribution in [1.82, 2.24) is 19.8 Å². The smallest absolute Gasteiger partial charge is 0.244 e. The first-order valence-corrected chi connectivity index (χ1v) is 5.71. The van der Waals surface area contributed by atoms with Crippen molar-refractivity contribution in [3.05, 3.63) is 32.3 Å². The number of aryl methyl sites for hydroxylation is 1. The first kappa shape index (κ1) is 10.6. The number of rotatable bonds is 1. The van der Waals surface area contributed by atoms with Crippen molar-refractivity contribution in [1.29, 1.82) is 0 Å². The lowest BCUT2D eigenvalue weighted by Crippen LogP contribution is -2.30. The number of halogens is 1. The molecule has 0 spiro atoms. The Kier molecular flexibility index (Phi) is 2.76. The van der Waals surface area contributed by atoms with Crippen LogP contribution in [-0.2, 0) is 7.05 Å². The zero-order chi connectivity index (χ0) is 11.0. The Morgan fingerprint density at radius 3 is 2.80 bits per heavy atom. The molecule has 0 amide bonds. The molecule has 0 saturated heterocycles. The molecule has 0 fully saturated rings. The topological polar surface area (TPSA) is 52.7 Å². The van der Waals surface area contributed by atoms with Crippen LogP contribution in [-0.4, -0.2) is 19.8 Å². The highest BCUT2D eigenvalue weighted by Crippen LogP contribution is 2.32. The maximum atomic E-state index is 11.7. The van der Waals surface area contributed by atoms with E-state index in [4.69, 9.17) is 0 Å². The molecule has 80 valence electrons. The fourth-order valence-electron chi connectivity index (χ4n) is 1.55. The van der Waals surface area contributed by atoms with Crippen LogP contribution in [0.25, 0.3) is 0 Å². The van der Waals surface area contributed by atoms with Gasteiger partial charge >= 0.3 is 5.69 Å². The normalized spacial score (nSPS) is 25.4. The number of tetrazole rings is 1. The van der Waals surface area contributed by atoms with Gasteiger partial charge in [-0.05, 0) is 36.6 Å². The Morgan fingerprint density at radius 1 is 1.47 bits per heavy atom. The molecule has 5 nitrogen and oxygen atoms in total. The van der Waals surface area contributed by atoms with Gasteiger partial charge in [-0.3, -0.25) is 0 Å². The van der Waals surface area contributed by atoms with Gasteiger partial charge in [0.15, 0.2) is 0 Å². The van der Waals surface area contributed by atoms with E-state index in [9.17, 15) is 4.79 Å². The summed E-state index contributed by atoms with van der Waals surface area (Å²) in [6.07, 6.45) is 5.97. The van der Waals surface area contributed by atoms with Crippen LogP contribution in [0.2, 0.25) is 0 Å². The summed E-state index contributed by atoms with van der Waals surface area (Å²) in [7, 11) is 1.60. The second kappa shape index (κ2) is 3.92. The van der Waals surface area contributed by atoms with Gasteiger partial charge in [0.2, 0.25) is 0 Å². The maximum Gasteiger partial charge on any atom is 0.363 e. The molecule has 0 aliphatic heterocycles. The van der Waals surface area contributed by atoms with Gasteiger partial charge in [0.1, 0.15) is 0 Å². The Labute approximate surface area is 101 Å². The van der Waals surface area contributed by atoms with Gasteiger partial charge in [0, 0.05) is 13.0 Å². The van der Waals surface area contributed by atoms with E-state index in [-0.39, 0.29) is 17.6 Å². The van der Waals surface area contributed by atoms with Gasteiger partial charge in [0.05, 0.1) is 6.04 Å². The zero-order valence-electron chi connectivity index (χ0n) is 8.46. The molecule has 1 heterocycles. The average molecular weight is 318 g/mol. The van der Waals surface area contributed by atoms with Gasteiger partial charge in [-0.25, -0.2) is 4.79 Å². The second-order valence-electron chi connectivity index (χ2n) is 3.55. The van der Waals surface area contributed by atoms with Crippen molar-refractivity contribution in [3.63, 3.8) is 0 Å². The molecule has 6 heteroatoms. The molecule has 0 aromatic carbocycles. The molecule has 2 unspecified atom stereocenters. The Bertz CT molecular complexity index is 485. The van der Waals surface area contributed by atoms with Crippen molar-refractivity contribution >= 4 is 22.6 Å². The fraction of sp³-hybridized carbons (Fsp3) is 0.444. The molecule has 0 N–H and O–H groups in total. The lowest BCUT2D eigenvalue weighted by Gasteiger charge is -2.22. The predicted octanol–water partition coefficient (Wildman–Crippen LogP) is 1.04. The molecule has 0 radical (unpaired) electrons. The first-order valence-electron chi connectivity index (χ1n) is 4.63. The standard InChI is InChI=1S/C9H11IN4O/c1-6-7(10)4-3-5-8(6)14-9(15)13(2)11-12-14/h3-6,8H,1-2H3. The van der Waals surface area contributed by atoms with Gasteiger partial charge in [-0.2, -0.15) is 9.36 Å². The summed E-state index contributed by atoms with van der Waals surface area (Å²) in [5.74, 6) is 0.269. The van der Waals surface area contributed by atoms with Gasteiger partial charge in [-0.1, -0.05) is 25.2 Å². The minimum atomic E-state index is -0.178. The number of allylic oxidation sites excluding steroid dienone is 4. The molecule has 1 aliphatic rings. The van der Waals surface area contributed by atoms with E-state index in [1.807, 2.05) is 18.2 Å². The highest BCUT2D eigenvalue weighted by Gasteiger charge is 2.24. The molecule has 1 aliphatic carbocycles. The van der Waals surface area contributed by atoms with E-state index >= 15 is 0 Å². The summed E-state index contributed by atoms with van der Waals surface area (Å²) >= 11 is 2.28. The summed E-state index contributed by atoms with van der Waals surface area (Å²) in [4.78, 5) is 11.7. The zero-order valence-corrected chi connectivity index (χ0v) is 10.6. The minimum absolute atomic E-state index is 0.0249. The molecular formula is C9H11IN4O. The van der Waals surface area contributed by atoms with Crippen molar-refractivity contribution in [2.24, 2.45) is 13.0 Å². The Balaban J connectivity index is 2.41. The molecule has 15 heavy (non-hydrogen) atoms. The quantitative estimate of drug-likeness (QED) is 0.727. The lowest BCUT2D eigenvalue weighted by atomic mass is 9.97. The van der Waals surface area contributed by atoms with E-state index in [0.717, 1.165) is 0 Å². The van der Waals surface area contributed by atoms with Crippen LogP contribution in [0.15, 0.2) is 26.6 Å². The molecule has 1 aromatic rings. The summed E-state index contributed by atoms with van der Waals surface area (Å²) < 4.78 is 3.89. The largest absolute Gasteiger partial charge is 0.363 e. The van der Waals surface area contributed by atoms with Crippen molar-refractivity contribution < 1.29 is 0 Å². The summed E-state index contributed by atoms with van der Waals surface area (Å²) in [6.45, 7) is 2.08. The Hall–Kier alpha value is -0.920. The van der Waals surface area contributed by atoms with Crippen LogP contribution in [0.5, 0.6) is 0 Å². The first-order chi connectivity index (χ1) is 7.11. The van der Waals surface area contributed by atoms with E-state index in [0.29, 0.717) is 0 Å². The van der Waals surface area contributed by atoms with Crippen molar-refractivity contribution in [2.45, 2.75) is 13.0 Å². The number of hydrogen-bond acceptors (Lipinski definition) is 3. The van der Waals surface area contributed by atoms with E-state index in [2.05, 4.69) is 39.9 Å². The van der Waals surface area contributed by atoms with E-state index < -0.39 is 0 Å². The summed E-state index contributed by atoms with van der Waals surface area (Å²) in [6, 6.07) is -0.0249. The average Bonchev–Trinajstić information content (AvgIpc) is 2.53. The van der Waals surface area contributed by atoms with Crippen LogP contribution in [0, 0.1) is 5.92 Å². The van der Waals surface area contributed by atoms with Crippen molar-refractivity contribution in [2.75, 3.05) is 0 Å².